The molecule has 0 spiro atoms. The summed E-state index contributed by atoms with van der Waals surface area (Å²) in [4.78, 5) is 38.7. The molecular weight excluding hydrogens is 436 g/mol. The Bertz CT molecular complexity index is 1010. The van der Waals surface area contributed by atoms with Gasteiger partial charge in [-0.2, -0.15) is 0 Å². The molecule has 1 saturated heterocycles. The van der Waals surface area contributed by atoms with E-state index in [1.54, 1.807) is 4.90 Å². The predicted molar refractivity (Wildman–Crippen MR) is 125 cm³/mol. The zero-order chi connectivity index (χ0) is 24.1. The number of carbonyl (C=O) groups is 3. The number of carbonyl (C=O) groups excluding carboxylic acids is 2. The van der Waals surface area contributed by atoms with Gasteiger partial charge in [0, 0.05) is 38.6 Å². The number of carboxylic acid groups (broad SMARTS) is 1. The van der Waals surface area contributed by atoms with Crippen molar-refractivity contribution in [3.8, 4) is 11.1 Å². The monoisotopic (exact) mass is 466 g/mol. The molecule has 34 heavy (non-hydrogen) atoms. The van der Waals surface area contributed by atoms with Crippen molar-refractivity contribution < 1.29 is 29.0 Å². The Morgan fingerprint density at radius 2 is 1.74 bits per heavy atom. The minimum Gasteiger partial charge on any atom is -0.481 e. The van der Waals surface area contributed by atoms with E-state index in [4.69, 9.17) is 14.6 Å². The topological polar surface area (TPSA) is 105 Å². The van der Waals surface area contributed by atoms with E-state index in [-0.39, 0.29) is 43.9 Å². The Balaban J connectivity index is 1.42. The molecule has 1 unspecified atom stereocenters. The number of aliphatic carboxylic acids is 1. The van der Waals surface area contributed by atoms with E-state index in [1.807, 2.05) is 36.4 Å². The number of alkyl carbamates (subject to hydrolysis) is 1. The lowest BCUT2D eigenvalue weighted by atomic mass is 9.98. The van der Waals surface area contributed by atoms with Crippen LogP contribution in [-0.2, 0) is 19.1 Å². The molecule has 0 radical (unpaired) electrons. The number of methoxy groups -OCH3 is 1. The van der Waals surface area contributed by atoms with Crippen molar-refractivity contribution in [3.63, 3.8) is 0 Å². The largest absolute Gasteiger partial charge is 0.481 e. The molecule has 2 aromatic rings. The standard InChI is InChI=1S/C26H30N2O6/c1-33-14-12-23(25(31)28-13-6-7-17(28)15-24(29)30)27-26(32)34-16-22-20-10-4-2-8-18(20)19-9-3-5-11-21(19)22/h2-5,8-11,17,22-23H,6-7,12-16H2,1H3,(H,27,32)(H,29,30)/t17-,23?/m0/s1. The van der Waals surface area contributed by atoms with Gasteiger partial charge in [0.1, 0.15) is 12.6 Å². The second-order valence-corrected chi connectivity index (χ2v) is 8.73. The number of carboxylic acids is 1. The lowest BCUT2D eigenvalue weighted by molar-refractivity contribution is -0.140. The first-order chi connectivity index (χ1) is 16.5. The summed E-state index contributed by atoms with van der Waals surface area (Å²) in [6.07, 6.45) is 0.875. The van der Waals surface area contributed by atoms with Crippen LogP contribution in [0, 0.1) is 0 Å². The number of rotatable bonds is 9. The molecule has 2 aliphatic rings. The van der Waals surface area contributed by atoms with Gasteiger partial charge in [-0.15, -0.1) is 0 Å². The van der Waals surface area contributed by atoms with Crippen LogP contribution in [0.25, 0.3) is 11.1 Å². The minimum atomic E-state index is -0.942. The number of nitrogens with zero attached hydrogens (tertiary/aromatic N) is 1. The van der Waals surface area contributed by atoms with Gasteiger partial charge in [-0.1, -0.05) is 48.5 Å². The SMILES string of the molecule is COCCC(NC(=O)OCC1c2ccccc2-c2ccccc21)C(=O)N1CCC[C@H]1CC(=O)O. The molecular formula is C26H30N2O6. The van der Waals surface area contributed by atoms with Gasteiger partial charge < -0.3 is 24.8 Å². The number of ether oxygens (including phenoxy) is 2. The molecule has 2 atom stereocenters. The molecule has 0 aromatic heterocycles. The quantitative estimate of drug-likeness (QED) is 0.587. The average molecular weight is 467 g/mol. The van der Waals surface area contributed by atoms with Crippen molar-refractivity contribution in [2.24, 2.45) is 0 Å². The van der Waals surface area contributed by atoms with Gasteiger partial charge in [-0.25, -0.2) is 4.79 Å². The van der Waals surface area contributed by atoms with E-state index in [2.05, 4.69) is 17.4 Å². The first kappa shape index (κ1) is 23.8. The second-order valence-electron chi connectivity index (χ2n) is 8.73. The van der Waals surface area contributed by atoms with Crippen LogP contribution in [0.1, 0.15) is 42.7 Å². The smallest absolute Gasteiger partial charge is 0.407 e. The molecule has 1 aliphatic heterocycles. The third-order valence-corrected chi connectivity index (χ3v) is 6.61. The summed E-state index contributed by atoms with van der Waals surface area (Å²) in [5.74, 6) is -1.32. The van der Waals surface area contributed by atoms with E-state index in [1.165, 1.54) is 7.11 Å². The zero-order valence-electron chi connectivity index (χ0n) is 19.2. The van der Waals surface area contributed by atoms with Gasteiger partial charge in [0.25, 0.3) is 0 Å². The Morgan fingerprint density at radius 1 is 1.09 bits per heavy atom. The normalized spacial score (nSPS) is 17.7. The van der Waals surface area contributed by atoms with E-state index >= 15 is 0 Å². The molecule has 8 nitrogen and oxygen atoms in total. The van der Waals surface area contributed by atoms with Crippen LogP contribution >= 0.6 is 0 Å². The predicted octanol–water partition coefficient (Wildman–Crippen LogP) is 3.40. The van der Waals surface area contributed by atoms with E-state index in [9.17, 15) is 14.4 Å². The summed E-state index contributed by atoms with van der Waals surface area (Å²) in [5, 5.41) is 11.9. The maximum absolute atomic E-state index is 13.2. The van der Waals surface area contributed by atoms with Gasteiger partial charge in [0.15, 0.2) is 0 Å². The molecule has 8 heteroatoms. The van der Waals surface area contributed by atoms with Crippen LogP contribution in [0.3, 0.4) is 0 Å². The molecule has 4 rings (SSSR count). The first-order valence-corrected chi connectivity index (χ1v) is 11.6. The van der Waals surface area contributed by atoms with Crippen LogP contribution < -0.4 is 5.32 Å². The van der Waals surface area contributed by atoms with E-state index < -0.39 is 18.1 Å². The number of benzene rings is 2. The fourth-order valence-electron chi connectivity index (χ4n) is 5.02. The average Bonchev–Trinajstić information content (AvgIpc) is 3.42. The number of hydrogen-bond acceptors (Lipinski definition) is 5. The van der Waals surface area contributed by atoms with Gasteiger partial charge in [-0.05, 0) is 35.1 Å². The van der Waals surface area contributed by atoms with Gasteiger partial charge in [0.05, 0.1) is 6.42 Å². The minimum absolute atomic E-state index is 0.0789. The van der Waals surface area contributed by atoms with Crippen LogP contribution in [0.4, 0.5) is 4.79 Å². The Hall–Kier alpha value is -3.39. The van der Waals surface area contributed by atoms with E-state index in [0.717, 1.165) is 28.7 Å². The van der Waals surface area contributed by atoms with Gasteiger partial charge >= 0.3 is 12.1 Å². The van der Waals surface area contributed by atoms with Crippen molar-refractivity contribution in [2.75, 3.05) is 26.9 Å². The molecule has 2 aromatic carbocycles. The van der Waals surface area contributed by atoms with E-state index in [0.29, 0.717) is 13.0 Å². The Kier molecular flexibility index (Phi) is 7.47. The molecule has 1 heterocycles. The van der Waals surface area contributed by atoms with Crippen molar-refractivity contribution in [1.82, 2.24) is 10.2 Å². The second kappa shape index (κ2) is 10.7. The summed E-state index contributed by atoms with van der Waals surface area (Å²) < 4.78 is 10.7. The zero-order valence-corrected chi connectivity index (χ0v) is 19.2. The molecule has 0 bridgehead atoms. The number of nitrogens with one attached hydrogen (secondary N) is 1. The number of hydrogen-bond donors (Lipinski definition) is 2. The number of likely N-dealkylation sites (tertiary alicyclic amines) is 1. The summed E-state index contributed by atoms with van der Waals surface area (Å²) >= 11 is 0. The molecule has 1 fully saturated rings. The lowest BCUT2D eigenvalue weighted by Gasteiger charge is -2.28. The summed E-state index contributed by atoms with van der Waals surface area (Å²) in [6.45, 7) is 0.903. The number of fused-ring (bicyclic) bond motifs is 3. The van der Waals surface area contributed by atoms with Crippen LogP contribution in [-0.4, -0.2) is 66.9 Å². The fourth-order valence-corrected chi connectivity index (χ4v) is 5.02. The van der Waals surface area contributed by atoms with Crippen molar-refractivity contribution in [3.05, 3.63) is 59.7 Å². The van der Waals surface area contributed by atoms with Crippen LogP contribution in [0.5, 0.6) is 0 Å². The molecule has 0 saturated carbocycles. The molecule has 180 valence electrons. The highest BCUT2D eigenvalue weighted by molar-refractivity contribution is 5.86. The molecule has 2 N–H and O–H groups in total. The summed E-state index contributed by atoms with van der Waals surface area (Å²) in [5.41, 5.74) is 4.49. The Labute approximate surface area is 198 Å². The summed E-state index contributed by atoms with van der Waals surface area (Å²) in [6, 6.07) is 15.0. The van der Waals surface area contributed by atoms with Crippen molar-refractivity contribution >= 4 is 18.0 Å². The molecule has 1 aliphatic carbocycles. The maximum Gasteiger partial charge on any atom is 0.407 e. The van der Waals surface area contributed by atoms with Crippen LogP contribution in [0.2, 0.25) is 0 Å². The highest BCUT2D eigenvalue weighted by Gasteiger charge is 2.35. The highest BCUT2D eigenvalue weighted by Crippen LogP contribution is 2.44. The molecule has 2 amide bonds. The highest BCUT2D eigenvalue weighted by atomic mass is 16.5. The third kappa shape index (κ3) is 5.07. The van der Waals surface area contributed by atoms with Gasteiger partial charge in [-0.3, -0.25) is 9.59 Å². The van der Waals surface area contributed by atoms with Gasteiger partial charge in [0.2, 0.25) is 5.91 Å². The Morgan fingerprint density at radius 3 is 2.35 bits per heavy atom. The summed E-state index contributed by atoms with van der Waals surface area (Å²) in [7, 11) is 1.53. The van der Waals surface area contributed by atoms with Crippen molar-refractivity contribution in [1.29, 1.82) is 0 Å². The van der Waals surface area contributed by atoms with Crippen LogP contribution in [0.15, 0.2) is 48.5 Å². The van der Waals surface area contributed by atoms with Crippen molar-refractivity contribution in [2.45, 2.75) is 43.7 Å². The lowest BCUT2D eigenvalue weighted by Crippen LogP contribution is -2.51. The first-order valence-electron chi connectivity index (χ1n) is 11.6. The third-order valence-electron chi connectivity index (χ3n) is 6.61. The fraction of sp³-hybridized carbons (Fsp3) is 0.423. The number of amides is 2. The maximum atomic E-state index is 13.2.